The third-order valence-electron chi connectivity index (χ3n) is 5.27. The van der Waals surface area contributed by atoms with E-state index in [4.69, 9.17) is 0 Å². The minimum Gasteiger partial charge on any atom is -0.389 e. The van der Waals surface area contributed by atoms with Crippen molar-refractivity contribution in [1.29, 1.82) is 0 Å². The van der Waals surface area contributed by atoms with Crippen molar-refractivity contribution in [1.82, 2.24) is 5.32 Å². The van der Waals surface area contributed by atoms with E-state index >= 15 is 0 Å². The zero-order valence-corrected chi connectivity index (χ0v) is 12.3. The fourth-order valence-electron chi connectivity index (χ4n) is 4.05. The molecular weight excluding hydrogens is 222 g/mol. The van der Waals surface area contributed by atoms with Crippen molar-refractivity contribution in [2.75, 3.05) is 6.54 Å². The van der Waals surface area contributed by atoms with Gasteiger partial charge in [-0.3, -0.25) is 0 Å². The molecule has 0 aromatic heterocycles. The highest BCUT2D eigenvalue weighted by Gasteiger charge is 2.37. The molecule has 2 nitrogen and oxygen atoms in total. The predicted molar refractivity (Wildman–Crippen MR) is 76.7 cm³/mol. The summed E-state index contributed by atoms with van der Waals surface area (Å²) in [5.41, 5.74) is 0.210. The van der Waals surface area contributed by atoms with Gasteiger partial charge in [-0.2, -0.15) is 0 Å². The zero-order valence-electron chi connectivity index (χ0n) is 12.3. The molecule has 0 aliphatic heterocycles. The van der Waals surface area contributed by atoms with Gasteiger partial charge in [-0.05, 0) is 57.3 Å². The van der Waals surface area contributed by atoms with Gasteiger partial charge in [0.15, 0.2) is 0 Å². The third-order valence-corrected chi connectivity index (χ3v) is 5.27. The van der Waals surface area contributed by atoms with Crippen molar-refractivity contribution in [3.8, 4) is 0 Å². The summed E-state index contributed by atoms with van der Waals surface area (Å²) in [4.78, 5) is 0. The van der Waals surface area contributed by atoms with Crippen LogP contribution in [0.5, 0.6) is 0 Å². The molecule has 0 heterocycles. The average Bonchev–Trinajstić information content (AvgIpc) is 2.77. The average molecular weight is 253 g/mol. The predicted octanol–water partition coefficient (Wildman–Crippen LogP) is 3.63. The van der Waals surface area contributed by atoms with E-state index in [0.717, 1.165) is 24.8 Å². The Hall–Kier alpha value is -0.0800. The van der Waals surface area contributed by atoms with Gasteiger partial charge in [-0.1, -0.05) is 26.2 Å². The Morgan fingerprint density at radius 1 is 1.17 bits per heavy atom. The highest BCUT2D eigenvalue weighted by Crippen LogP contribution is 2.48. The van der Waals surface area contributed by atoms with E-state index in [9.17, 15) is 5.11 Å². The minimum atomic E-state index is -0.517. The first-order valence-corrected chi connectivity index (χ1v) is 8.01. The van der Waals surface area contributed by atoms with Gasteiger partial charge >= 0.3 is 0 Å². The normalized spacial score (nSPS) is 27.5. The number of hydrogen-bond acceptors (Lipinski definition) is 2. The van der Waals surface area contributed by atoms with Crippen molar-refractivity contribution >= 4 is 0 Å². The Labute approximate surface area is 113 Å². The molecule has 2 rings (SSSR count). The second kappa shape index (κ2) is 5.92. The van der Waals surface area contributed by atoms with Crippen molar-refractivity contribution in [3.63, 3.8) is 0 Å². The van der Waals surface area contributed by atoms with Crippen LogP contribution in [0.15, 0.2) is 0 Å². The molecule has 2 fully saturated rings. The maximum Gasteiger partial charge on any atom is 0.0743 e. The molecule has 1 atom stereocenters. The standard InChI is InChI=1S/C16H31NO/c1-3-8-15(2,18)13-17-14-6-11-16(12-7-14)9-4-5-10-16/h14,17-18H,3-13H2,1-2H3. The quantitative estimate of drug-likeness (QED) is 0.784. The molecule has 0 bridgehead atoms. The van der Waals surface area contributed by atoms with Crippen molar-refractivity contribution < 1.29 is 5.11 Å². The third kappa shape index (κ3) is 3.71. The number of aliphatic hydroxyl groups is 1. The molecular formula is C16H31NO. The van der Waals surface area contributed by atoms with Gasteiger partial charge in [0.05, 0.1) is 5.60 Å². The Morgan fingerprint density at radius 3 is 2.33 bits per heavy atom. The molecule has 2 aliphatic rings. The van der Waals surface area contributed by atoms with Crippen LogP contribution in [-0.4, -0.2) is 23.3 Å². The Morgan fingerprint density at radius 2 is 1.78 bits per heavy atom. The number of rotatable bonds is 5. The van der Waals surface area contributed by atoms with Crippen molar-refractivity contribution in [3.05, 3.63) is 0 Å². The molecule has 0 aromatic rings. The molecule has 2 aliphatic carbocycles. The van der Waals surface area contributed by atoms with E-state index < -0.39 is 5.60 Å². The molecule has 1 unspecified atom stereocenters. The lowest BCUT2D eigenvalue weighted by molar-refractivity contribution is 0.0428. The SMILES string of the molecule is CCCC(C)(O)CNC1CCC2(CCCC2)CC1. The van der Waals surface area contributed by atoms with Crippen LogP contribution in [0.1, 0.15) is 78.1 Å². The molecule has 18 heavy (non-hydrogen) atoms. The monoisotopic (exact) mass is 253 g/mol. The molecule has 0 radical (unpaired) electrons. The fourth-order valence-corrected chi connectivity index (χ4v) is 4.05. The fraction of sp³-hybridized carbons (Fsp3) is 1.00. The molecule has 0 aromatic carbocycles. The lowest BCUT2D eigenvalue weighted by Gasteiger charge is -2.38. The van der Waals surface area contributed by atoms with Crippen LogP contribution in [0.25, 0.3) is 0 Å². The van der Waals surface area contributed by atoms with E-state index in [-0.39, 0.29) is 0 Å². The summed E-state index contributed by atoms with van der Waals surface area (Å²) in [5, 5.41) is 13.8. The van der Waals surface area contributed by atoms with Crippen LogP contribution < -0.4 is 5.32 Å². The minimum absolute atomic E-state index is 0.517. The first kappa shape index (κ1) is 14.3. The number of nitrogens with one attached hydrogen (secondary N) is 1. The van der Waals surface area contributed by atoms with E-state index in [0.29, 0.717) is 6.04 Å². The summed E-state index contributed by atoms with van der Waals surface area (Å²) in [6, 6.07) is 0.652. The van der Waals surface area contributed by atoms with Gasteiger partial charge in [-0.25, -0.2) is 0 Å². The van der Waals surface area contributed by atoms with Crippen LogP contribution in [-0.2, 0) is 0 Å². The molecule has 2 saturated carbocycles. The van der Waals surface area contributed by atoms with Crippen molar-refractivity contribution in [2.24, 2.45) is 5.41 Å². The summed E-state index contributed by atoms with van der Waals surface area (Å²) in [6.07, 6.45) is 13.3. The van der Waals surface area contributed by atoms with Crippen LogP contribution in [0, 0.1) is 5.41 Å². The molecule has 106 valence electrons. The summed E-state index contributed by atoms with van der Waals surface area (Å²) < 4.78 is 0. The zero-order chi connectivity index (χ0) is 13.1. The van der Waals surface area contributed by atoms with Gasteiger partial charge in [0.2, 0.25) is 0 Å². The Kier molecular flexibility index (Phi) is 4.71. The first-order chi connectivity index (χ1) is 8.55. The second-order valence-corrected chi connectivity index (χ2v) is 7.11. The Balaban J connectivity index is 1.70. The van der Waals surface area contributed by atoms with Crippen molar-refractivity contribution in [2.45, 2.75) is 89.7 Å². The van der Waals surface area contributed by atoms with Gasteiger partial charge in [0.1, 0.15) is 0 Å². The van der Waals surface area contributed by atoms with Crippen LogP contribution >= 0.6 is 0 Å². The summed E-state index contributed by atoms with van der Waals surface area (Å²) in [7, 11) is 0. The second-order valence-electron chi connectivity index (χ2n) is 7.11. The lowest BCUT2D eigenvalue weighted by atomic mass is 9.71. The molecule has 0 saturated heterocycles. The molecule has 2 heteroatoms. The summed E-state index contributed by atoms with van der Waals surface area (Å²) >= 11 is 0. The van der Waals surface area contributed by atoms with Gasteiger partial charge in [0.25, 0.3) is 0 Å². The molecule has 1 spiro atoms. The highest BCUT2D eigenvalue weighted by atomic mass is 16.3. The van der Waals surface area contributed by atoms with Crippen LogP contribution in [0.4, 0.5) is 0 Å². The maximum absolute atomic E-state index is 10.2. The van der Waals surface area contributed by atoms with E-state index in [1.54, 1.807) is 0 Å². The Bertz CT molecular complexity index is 246. The topological polar surface area (TPSA) is 32.3 Å². The lowest BCUT2D eigenvalue weighted by Crippen LogP contribution is -2.44. The smallest absolute Gasteiger partial charge is 0.0743 e. The van der Waals surface area contributed by atoms with Gasteiger partial charge < -0.3 is 10.4 Å². The van der Waals surface area contributed by atoms with Gasteiger partial charge in [-0.15, -0.1) is 0 Å². The van der Waals surface area contributed by atoms with Crippen LogP contribution in [0.2, 0.25) is 0 Å². The largest absolute Gasteiger partial charge is 0.389 e. The van der Waals surface area contributed by atoms with Gasteiger partial charge in [0, 0.05) is 12.6 Å². The summed E-state index contributed by atoms with van der Waals surface area (Å²) in [5.74, 6) is 0. The summed E-state index contributed by atoms with van der Waals surface area (Å²) in [6.45, 7) is 4.86. The maximum atomic E-state index is 10.2. The van der Waals surface area contributed by atoms with Crippen LogP contribution in [0.3, 0.4) is 0 Å². The van der Waals surface area contributed by atoms with E-state index in [2.05, 4.69) is 12.2 Å². The van der Waals surface area contributed by atoms with E-state index in [1.807, 2.05) is 6.92 Å². The highest BCUT2D eigenvalue weighted by molar-refractivity contribution is 4.92. The van der Waals surface area contributed by atoms with E-state index in [1.165, 1.54) is 51.4 Å². The molecule has 0 amide bonds. The molecule has 2 N–H and O–H groups in total. The first-order valence-electron chi connectivity index (χ1n) is 8.01. The number of hydrogen-bond donors (Lipinski definition) is 2.